The Bertz CT molecular complexity index is 588. The molecule has 0 bridgehead atoms. The van der Waals surface area contributed by atoms with Crippen LogP contribution in [0.4, 0.5) is 0 Å². The van der Waals surface area contributed by atoms with E-state index >= 15 is 0 Å². The molecule has 0 aliphatic carbocycles. The Hall–Kier alpha value is -2.64. The fraction of sp³-hybridized carbons (Fsp3) is 0.263. The van der Waals surface area contributed by atoms with Crippen LogP contribution in [0.3, 0.4) is 0 Å². The Morgan fingerprint density at radius 2 is 1.48 bits per heavy atom. The van der Waals surface area contributed by atoms with Crippen LogP contribution in [0.1, 0.15) is 12.6 Å². The molecule has 0 fully saturated rings. The number of benzene rings is 2. The molecule has 0 amide bonds. The van der Waals surface area contributed by atoms with E-state index in [0.29, 0.717) is 19.0 Å². The molecule has 0 aliphatic rings. The van der Waals surface area contributed by atoms with Crippen LogP contribution in [0, 0.1) is 12.5 Å². The molecular weight excluding hydrogens is 292 g/mol. The van der Waals surface area contributed by atoms with E-state index in [4.69, 9.17) is 9.47 Å². The molecule has 0 aromatic heterocycles. The van der Waals surface area contributed by atoms with Crippen LogP contribution < -0.4 is 4.74 Å². The largest absolute Gasteiger partial charge is 0.508 e. The zero-order chi connectivity index (χ0) is 16.9. The molecule has 0 aliphatic heterocycles. The number of ether oxygens (including phenoxy) is 3. The van der Waals surface area contributed by atoms with Gasteiger partial charge in [-0.1, -0.05) is 30.7 Å². The highest BCUT2D eigenvalue weighted by molar-refractivity contribution is 5.33. The van der Waals surface area contributed by atoms with Crippen molar-refractivity contribution in [1.82, 2.24) is 0 Å². The second-order valence-electron chi connectivity index (χ2n) is 4.65. The third kappa shape index (κ3) is 7.79. The van der Waals surface area contributed by atoms with E-state index in [1.165, 1.54) is 18.2 Å². The van der Waals surface area contributed by atoms with Gasteiger partial charge >= 0.3 is 0 Å². The summed E-state index contributed by atoms with van der Waals surface area (Å²) in [6, 6.07) is 15.3. The van der Waals surface area contributed by atoms with E-state index in [2.05, 4.69) is 23.3 Å². The molecule has 0 saturated carbocycles. The summed E-state index contributed by atoms with van der Waals surface area (Å²) in [5.41, 5.74) is 2.38. The van der Waals surface area contributed by atoms with Gasteiger partial charge in [0.25, 0.3) is 0 Å². The molecule has 0 atom stereocenters. The average molecular weight is 316 g/mol. The molecule has 2 aromatic rings. The molecule has 4 heteroatoms. The van der Waals surface area contributed by atoms with Gasteiger partial charge in [-0.05, 0) is 41.8 Å². The number of rotatable bonds is 6. The lowest BCUT2D eigenvalue weighted by molar-refractivity contribution is 0.146. The number of phenolic OH excluding ortho intramolecular Hbond substituents is 1. The van der Waals surface area contributed by atoms with E-state index in [0.717, 1.165) is 12.2 Å². The third-order valence-corrected chi connectivity index (χ3v) is 2.94. The summed E-state index contributed by atoms with van der Waals surface area (Å²) in [6.07, 6.45) is 7.33. The molecule has 0 radical (unpaired) electrons. The van der Waals surface area contributed by atoms with Gasteiger partial charge in [0.1, 0.15) is 24.2 Å². The minimum absolute atomic E-state index is 0. The van der Waals surface area contributed by atoms with Crippen LogP contribution in [-0.2, 0) is 15.9 Å². The van der Waals surface area contributed by atoms with Gasteiger partial charge in [-0.25, -0.2) is 0 Å². The monoisotopic (exact) mass is 316 g/mol. The number of aromatic hydroxyl groups is 1. The highest BCUT2D eigenvalue weighted by Crippen LogP contribution is 2.17. The number of phenols is 1. The number of methoxy groups -OCH3 is 2. The maximum absolute atomic E-state index is 9.24. The van der Waals surface area contributed by atoms with Gasteiger partial charge in [0, 0.05) is 8.54 Å². The molecule has 124 valence electrons. The molecule has 0 unspecified atom stereocenters. The predicted octanol–water partition coefficient (Wildman–Crippen LogP) is 3.48. The predicted molar refractivity (Wildman–Crippen MR) is 92.7 cm³/mol. The van der Waals surface area contributed by atoms with Crippen LogP contribution in [0.5, 0.6) is 11.5 Å². The van der Waals surface area contributed by atoms with Crippen LogP contribution >= 0.6 is 0 Å². The van der Waals surface area contributed by atoms with Crippen molar-refractivity contribution in [3.8, 4) is 24.0 Å². The van der Waals surface area contributed by atoms with Crippen molar-refractivity contribution in [3.63, 3.8) is 0 Å². The van der Waals surface area contributed by atoms with E-state index < -0.39 is 0 Å². The normalized spacial score (nSPS) is 9.26. The minimum atomic E-state index is 0. The Labute approximate surface area is 139 Å². The first-order chi connectivity index (χ1) is 11.2. The van der Waals surface area contributed by atoms with Crippen molar-refractivity contribution in [2.75, 3.05) is 27.4 Å². The molecule has 1 N–H and O–H groups in total. The molecule has 0 saturated heterocycles. The second-order valence-corrected chi connectivity index (χ2v) is 4.65. The highest BCUT2D eigenvalue weighted by Gasteiger charge is 1.98. The van der Waals surface area contributed by atoms with E-state index in [1.54, 1.807) is 19.2 Å². The summed E-state index contributed by atoms with van der Waals surface area (Å²) in [5.74, 6) is 1.15. The lowest BCUT2D eigenvalue weighted by Gasteiger charge is -2.07. The minimum Gasteiger partial charge on any atom is -0.508 e. The molecule has 2 rings (SSSR count). The zero-order valence-electron chi connectivity index (χ0n) is 13.5. The van der Waals surface area contributed by atoms with Crippen LogP contribution in [-0.4, -0.2) is 32.5 Å². The summed E-state index contributed by atoms with van der Waals surface area (Å²) in [5, 5.41) is 9.24. The molecular formula is C19H24O4. The second kappa shape index (κ2) is 11.0. The molecule has 0 spiro atoms. The van der Waals surface area contributed by atoms with Crippen molar-refractivity contribution >= 4 is 0 Å². The average Bonchev–Trinajstić information content (AvgIpc) is 2.59. The lowest BCUT2D eigenvalue weighted by atomic mass is 10.0. The number of hydrogen-bond donors (Lipinski definition) is 1. The van der Waals surface area contributed by atoms with Crippen molar-refractivity contribution in [2.24, 2.45) is 0 Å². The van der Waals surface area contributed by atoms with Gasteiger partial charge in [-0.3, -0.25) is 0 Å². The van der Waals surface area contributed by atoms with Crippen molar-refractivity contribution < 1.29 is 20.7 Å². The first kappa shape index (κ1) is 18.4. The van der Waals surface area contributed by atoms with Crippen molar-refractivity contribution in [1.29, 1.82) is 0 Å². The number of hydrogen-bond acceptors (Lipinski definition) is 4. The van der Waals surface area contributed by atoms with Crippen LogP contribution in [0.25, 0.3) is 0 Å². The summed E-state index contributed by atoms with van der Waals surface area (Å²) in [4.78, 5) is 0. The lowest BCUT2D eigenvalue weighted by Crippen LogP contribution is -2.04. The van der Waals surface area contributed by atoms with Gasteiger partial charge in [-0.2, -0.15) is 0 Å². The Kier molecular flexibility index (Phi) is 8.80. The summed E-state index contributed by atoms with van der Waals surface area (Å²) < 4.78 is 14.5. The highest BCUT2D eigenvalue weighted by atomic mass is 16.5. The molecule has 2 aromatic carbocycles. The Morgan fingerprint density at radius 3 is 1.96 bits per heavy atom. The van der Waals surface area contributed by atoms with Gasteiger partial charge in [0.05, 0.1) is 13.7 Å². The topological polar surface area (TPSA) is 47.9 Å². The molecule has 0 heterocycles. The number of terminal acetylenes is 1. The van der Waals surface area contributed by atoms with Gasteiger partial charge in [0.2, 0.25) is 0 Å². The maximum atomic E-state index is 9.24. The van der Waals surface area contributed by atoms with E-state index in [1.807, 2.05) is 30.4 Å². The van der Waals surface area contributed by atoms with Crippen LogP contribution in [0.2, 0.25) is 0 Å². The first-order valence-corrected chi connectivity index (χ1v) is 7.16. The molecule has 4 nitrogen and oxygen atoms in total. The maximum Gasteiger partial charge on any atom is 0.119 e. The van der Waals surface area contributed by atoms with E-state index in [9.17, 15) is 5.11 Å². The first-order valence-electron chi connectivity index (χ1n) is 7.16. The fourth-order valence-electron chi connectivity index (χ4n) is 1.80. The standard InChI is InChI=1S/C16H18O3.C3H4O.H2/c1-18-10-11-19-16-8-4-14(5-9-16)12-13-2-6-15(17)7-3-13;1-3-4-2;/h2-9,17H,10-12H2,1H3;1H,2H3;1H. The third-order valence-electron chi connectivity index (χ3n) is 2.94. The zero-order valence-corrected chi connectivity index (χ0v) is 13.5. The molecule has 23 heavy (non-hydrogen) atoms. The summed E-state index contributed by atoms with van der Waals surface area (Å²) >= 11 is 0. The smallest absolute Gasteiger partial charge is 0.119 e. The Balaban J connectivity index is 0.000000954. The Morgan fingerprint density at radius 1 is 0.957 bits per heavy atom. The van der Waals surface area contributed by atoms with E-state index in [-0.39, 0.29) is 1.43 Å². The van der Waals surface area contributed by atoms with Gasteiger partial charge < -0.3 is 19.3 Å². The van der Waals surface area contributed by atoms with Gasteiger partial charge in [0.15, 0.2) is 0 Å². The van der Waals surface area contributed by atoms with Crippen molar-refractivity contribution in [3.05, 3.63) is 59.7 Å². The van der Waals surface area contributed by atoms with Crippen LogP contribution in [0.15, 0.2) is 48.5 Å². The van der Waals surface area contributed by atoms with Crippen molar-refractivity contribution in [2.45, 2.75) is 6.42 Å². The van der Waals surface area contributed by atoms with Gasteiger partial charge in [-0.15, -0.1) is 0 Å². The summed E-state index contributed by atoms with van der Waals surface area (Å²) in [6.45, 7) is 1.16. The quantitative estimate of drug-likeness (QED) is 0.655. The summed E-state index contributed by atoms with van der Waals surface area (Å²) in [7, 11) is 3.10. The fourth-order valence-corrected chi connectivity index (χ4v) is 1.80. The SMILES string of the molecule is C#COC.COCCOc1ccc(Cc2ccc(O)cc2)cc1.[HH].